The molecule has 0 saturated carbocycles. The Morgan fingerprint density at radius 2 is 1.95 bits per heavy atom. The van der Waals surface area contributed by atoms with Crippen LogP contribution in [0.3, 0.4) is 0 Å². The third-order valence-corrected chi connectivity index (χ3v) is 2.08. The fourth-order valence-corrected chi connectivity index (χ4v) is 1.17. The molecule has 1 aromatic carbocycles. The molecule has 0 unspecified atom stereocenters. The van der Waals surface area contributed by atoms with E-state index in [0.29, 0.717) is 5.69 Å². The number of benzene rings is 1. The zero-order chi connectivity index (χ0) is 14.5. The minimum atomic E-state index is -4.73. The molecule has 3 N–H and O–H groups in total. The van der Waals surface area contributed by atoms with Gasteiger partial charge in [0.1, 0.15) is 22.4 Å². The van der Waals surface area contributed by atoms with E-state index in [1.54, 1.807) is 6.07 Å². The zero-order valence-electron chi connectivity index (χ0n) is 9.36. The Bertz CT molecular complexity index is 532. The lowest BCUT2D eigenvalue weighted by Gasteiger charge is -2.09. The van der Waals surface area contributed by atoms with Crippen LogP contribution in [0.1, 0.15) is 0 Å². The number of nitrogens with zero attached hydrogens (tertiary/aromatic N) is 1. The number of rotatable bonds is 4. The van der Waals surface area contributed by atoms with Crippen molar-refractivity contribution in [2.45, 2.75) is 6.36 Å². The Kier molecular flexibility index (Phi) is 4.72. The molecule has 1 aromatic rings. The van der Waals surface area contributed by atoms with Crippen molar-refractivity contribution in [3.63, 3.8) is 0 Å². The molecule has 4 nitrogen and oxygen atoms in total. The molecular formula is C11H8F3N3OS. The van der Waals surface area contributed by atoms with Crippen molar-refractivity contribution < 1.29 is 17.9 Å². The number of ether oxygens (including phenoxy) is 1. The number of alkyl halides is 3. The summed E-state index contributed by atoms with van der Waals surface area (Å²) in [5.74, 6) is -0.336. The minimum Gasteiger partial charge on any atom is -0.406 e. The molecule has 0 amide bonds. The minimum absolute atomic E-state index is 0.0608. The molecule has 0 radical (unpaired) electrons. The van der Waals surface area contributed by atoms with Crippen LogP contribution < -0.4 is 15.8 Å². The second-order valence-corrected chi connectivity index (χ2v) is 3.69. The van der Waals surface area contributed by atoms with E-state index in [-0.39, 0.29) is 16.3 Å². The third-order valence-electron chi connectivity index (χ3n) is 1.86. The van der Waals surface area contributed by atoms with Crippen LogP contribution in [0.25, 0.3) is 0 Å². The van der Waals surface area contributed by atoms with E-state index in [9.17, 15) is 13.2 Å². The molecule has 0 aliphatic heterocycles. The van der Waals surface area contributed by atoms with Gasteiger partial charge in [0, 0.05) is 11.9 Å². The van der Waals surface area contributed by atoms with Crippen molar-refractivity contribution in [2.75, 3.05) is 5.32 Å². The number of nitriles is 1. The van der Waals surface area contributed by atoms with Crippen molar-refractivity contribution in [1.82, 2.24) is 0 Å². The molecule has 1 rings (SSSR count). The molecule has 0 aliphatic carbocycles. The van der Waals surface area contributed by atoms with Crippen LogP contribution in [0, 0.1) is 11.3 Å². The molecule has 8 heteroatoms. The predicted octanol–water partition coefficient (Wildman–Crippen LogP) is 2.69. The van der Waals surface area contributed by atoms with Crippen LogP contribution in [0.2, 0.25) is 0 Å². The van der Waals surface area contributed by atoms with E-state index in [1.807, 2.05) is 0 Å². The fourth-order valence-electron chi connectivity index (χ4n) is 1.07. The summed E-state index contributed by atoms with van der Waals surface area (Å²) in [6, 6.07) is 6.75. The quantitative estimate of drug-likeness (QED) is 0.506. The SMILES string of the molecule is N#CC(=CNc1ccc(OC(F)(F)F)cc1)C(N)=S. The maximum atomic E-state index is 11.9. The Balaban J connectivity index is 2.73. The summed E-state index contributed by atoms with van der Waals surface area (Å²) in [5.41, 5.74) is 5.78. The summed E-state index contributed by atoms with van der Waals surface area (Å²) >= 11 is 4.61. The third kappa shape index (κ3) is 5.27. The molecule has 0 aliphatic rings. The van der Waals surface area contributed by atoms with Crippen molar-refractivity contribution >= 4 is 22.9 Å². The second-order valence-electron chi connectivity index (χ2n) is 3.25. The van der Waals surface area contributed by atoms with Gasteiger partial charge in [-0.3, -0.25) is 0 Å². The number of thiocarbonyl (C=S) groups is 1. The first kappa shape index (κ1) is 14.8. The summed E-state index contributed by atoms with van der Waals surface area (Å²) in [6.07, 6.45) is -3.46. The van der Waals surface area contributed by atoms with Crippen molar-refractivity contribution in [3.8, 4) is 11.8 Å². The van der Waals surface area contributed by atoms with E-state index < -0.39 is 6.36 Å². The first-order valence-corrected chi connectivity index (χ1v) is 5.25. The lowest BCUT2D eigenvalue weighted by Crippen LogP contribution is -2.17. The molecule has 0 heterocycles. The smallest absolute Gasteiger partial charge is 0.406 e. The maximum absolute atomic E-state index is 11.9. The van der Waals surface area contributed by atoms with Gasteiger partial charge in [-0.1, -0.05) is 12.2 Å². The highest BCUT2D eigenvalue weighted by atomic mass is 32.1. The molecular weight excluding hydrogens is 279 g/mol. The highest BCUT2D eigenvalue weighted by Crippen LogP contribution is 2.23. The molecule has 0 aromatic heterocycles. The number of hydrogen-bond donors (Lipinski definition) is 2. The van der Waals surface area contributed by atoms with Crippen molar-refractivity contribution in [3.05, 3.63) is 36.0 Å². The first-order valence-electron chi connectivity index (χ1n) is 4.84. The van der Waals surface area contributed by atoms with E-state index in [0.717, 1.165) is 12.1 Å². The van der Waals surface area contributed by atoms with Gasteiger partial charge in [0.15, 0.2) is 0 Å². The highest BCUT2D eigenvalue weighted by Gasteiger charge is 2.30. The van der Waals surface area contributed by atoms with Gasteiger partial charge in [-0.05, 0) is 24.3 Å². The second kappa shape index (κ2) is 6.06. The Morgan fingerprint density at radius 3 is 2.37 bits per heavy atom. The Morgan fingerprint density at radius 1 is 1.37 bits per heavy atom. The van der Waals surface area contributed by atoms with Crippen LogP contribution in [0.5, 0.6) is 5.75 Å². The maximum Gasteiger partial charge on any atom is 0.573 e. The molecule has 0 bridgehead atoms. The summed E-state index contributed by atoms with van der Waals surface area (Å²) < 4.78 is 39.5. The van der Waals surface area contributed by atoms with Gasteiger partial charge in [-0.2, -0.15) is 5.26 Å². The van der Waals surface area contributed by atoms with Gasteiger partial charge in [-0.25, -0.2) is 0 Å². The van der Waals surface area contributed by atoms with Gasteiger partial charge in [0.25, 0.3) is 0 Å². The molecule has 0 spiro atoms. The Labute approximate surface area is 112 Å². The van der Waals surface area contributed by atoms with Crippen LogP contribution in [0.4, 0.5) is 18.9 Å². The number of halogens is 3. The molecule has 0 saturated heterocycles. The number of hydrogen-bond acceptors (Lipinski definition) is 4. The summed E-state index contributed by atoms with van der Waals surface area (Å²) in [5, 5.41) is 11.4. The fraction of sp³-hybridized carbons (Fsp3) is 0.0909. The largest absolute Gasteiger partial charge is 0.573 e. The standard InChI is InChI=1S/C11H8F3N3OS/c12-11(13,14)18-9-3-1-8(2-4-9)17-6-7(5-15)10(16)19/h1-4,6,17H,(H2,16,19). The van der Waals surface area contributed by atoms with Gasteiger partial charge in [-0.15, -0.1) is 13.2 Å². The average molecular weight is 287 g/mol. The predicted molar refractivity (Wildman–Crippen MR) is 67.2 cm³/mol. The van der Waals surface area contributed by atoms with Gasteiger partial charge in [0.05, 0.1) is 0 Å². The van der Waals surface area contributed by atoms with E-state index in [1.165, 1.54) is 18.3 Å². The van der Waals surface area contributed by atoms with Crippen LogP contribution >= 0.6 is 12.2 Å². The summed E-state index contributed by atoms with van der Waals surface area (Å²) in [7, 11) is 0. The van der Waals surface area contributed by atoms with E-state index in [2.05, 4.69) is 22.3 Å². The normalized spacial score (nSPS) is 11.6. The molecule has 100 valence electrons. The lowest BCUT2D eigenvalue weighted by atomic mass is 10.3. The molecule has 0 atom stereocenters. The number of anilines is 1. The van der Waals surface area contributed by atoms with Gasteiger partial charge in [0.2, 0.25) is 0 Å². The topological polar surface area (TPSA) is 71.1 Å². The first-order chi connectivity index (χ1) is 8.81. The molecule has 0 fully saturated rings. The van der Waals surface area contributed by atoms with Crippen molar-refractivity contribution in [1.29, 1.82) is 5.26 Å². The highest BCUT2D eigenvalue weighted by molar-refractivity contribution is 7.80. The monoisotopic (exact) mass is 287 g/mol. The van der Waals surface area contributed by atoms with Crippen LogP contribution in [0.15, 0.2) is 36.0 Å². The Hall–Kier alpha value is -2.27. The average Bonchev–Trinajstić information content (AvgIpc) is 2.29. The van der Waals surface area contributed by atoms with Gasteiger partial charge < -0.3 is 15.8 Å². The lowest BCUT2D eigenvalue weighted by molar-refractivity contribution is -0.274. The van der Waals surface area contributed by atoms with E-state index in [4.69, 9.17) is 11.0 Å². The summed E-state index contributed by atoms with van der Waals surface area (Å²) in [6.45, 7) is 0. The number of nitrogens with one attached hydrogen (secondary N) is 1. The van der Waals surface area contributed by atoms with Crippen LogP contribution in [-0.2, 0) is 0 Å². The summed E-state index contributed by atoms with van der Waals surface area (Å²) in [4.78, 5) is -0.0768. The molecule has 19 heavy (non-hydrogen) atoms. The van der Waals surface area contributed by atoms with Gasteiger partial charge >= 0.3 is 6.36 Å². The van der Waals surface area contributed by atoms with Crippen molar-refractivity contribution in [2.24, 2.45) is 5.73 Å². The zero-order valence-corrected chi connectivity index (χ0v) is 10.2. The van der Waals surface area contributed by atoms with E-state index >= 15 is 0 Å². The number of nitrogens with two attached hydrogens (primary N) is 1. The van der Waals surface area contributed by atoms with Crippen LogP contribution in [-0.4, -0.2) is 11.4 Å².